The summed E-state index contributed by atoms with van der Waals surface area (Å²) in [4.78, 5) is 4.17. The summed E-state index contributed by atoms with van der Waals surface area (Å²) in [5.74, 6) is 6.75. The van der Waals surface area contributed by atoms with Gasteiger partial charge in [-0.3, -0.25) is 5.10 Å². The normalized spacial score (nSPS) is 10.5. The Hall–Kier alpha value is -1.19. The number of hydrogen-bond acceptors (Lipinski definition) is 8. The molecule has 80 valence electrons. The molecule has 0 aliphatic heterocycles. The molecule has 0 saturated carbocycles. The summed E-state index contributed by atoms with van der Waals surface area (Å²) in [5.41, 5.74) is 3.36. The predicted octanol–water partition coefficient (Wildman–Crippen LogP) is 0.543. The van der Waals surface area contributed by atoms with Gasteiger partial charge in [-0.2, -0.15) is 0 Å². The fourth-order valence-corrected chi connectivity index (χ4v) is 2.30. The van der Waals surface area contributed by atoms with Gasteiger partial charge in [0.1, 0.15) is 16.5 Å². The highest BCUT2D eigenvalue weighted by atomic mass is 32.2. The van der Waals surface area contributed by atoms with Crippen LogP contribution in [0, 0.1) is 6.92 Å². The summed E-state index contributed by atoms with van der Waals surface area (Å²) >= 11 is 2.71. The number of rotatable bonds is 4. The Kier molecular flexibility index (Phi) is 3.14. The molecule has 0 atom stereocenters. The average Bonchev–Trinajstić information content (AvgIpc) is 2.83. The van der Waals surface area contributed by atoms with Gasteiger partial charge in [0.25, 0.3) is 0 Å². The van der Waals surface area contributed by atoms with Gasteiger partial charge in [0.2, 0.25) is 5.16 Å². The first-order valence-electron chi connectivity index (χ1n) is 4.09. The maximum Gasteiger partial charge on any atom is 0.208 e. The summed E-state index contributed by atoms with van der Waals surface area (Å²) in [5, 5.41) is 12.2. The molecule has 2 aromatic heterocycles. The first-order chi connectivity index (χ1) is 7.29. The predicted molar refractivity (Wildman–Crippen MR) is 58.4 cm³/mol. The second-order valence-electron chi connectivity index (χ2n) is 2.69. The molecule has 0 bridgehead atoms. The van der Waals surface area contributed by atoms with Crippen LogP contribution in [0.4, 0.5) is 5.00 Å². The minimum atomic E-state index is 0.646. The number of hydrogen-bond donors (Lipinski definition) is 3. The Morgan fingerprint density at radius 1 is 1.60 bits per heavy atom. The van der Waals surface area contributed by atoms with Gasteiger partial charge in [-0.25, -0.2) is 10.8 Å². The van der Waals surface area contributed by atoms with Crippen molar-refractivity contribution in [2.75, 3.05) is 5.43 Å². The zero-order valence-corrected chi connectivity index (χ0v) is 9.52. The molecule has 0 amide bonds. The van der Waals surface area contributed by atoms with E-state index in [4.69, 9.17) is 5.84 Å². The van der Waals surface area contributed by atoms with E-state index in [-0.39, 0.29) is 0 Å². The molecule has 9 heteroatoms. The first kappa shape index (κ1) is 10.3. The lowest BCUT2D eigenvalue weighted by Crippen LogP contribution is -2.06. The monoisotopic (exact) mass is 243 g/mol. The molecular weight excluding hydrogens is 234 g/mol. The van der Waals surface area contributed by atoms with E-state index >= 15 is 0 Å². The van der Waals surface area contributed by atoms with E-state index in [2.05, 4.69) is 30.2 Å². The van der Waals surface area contributed by atoms with Crippen LogP contribution >= 0.6 is 23.3 Å². The van der Waals surface area contributed by atoms with E-state index in [1.54, 1.807) is 0 Å². The number of aromatic amines is 1. The number of thioether (sulfide) groups is 1. The van der Waals surface area contributed by atoms with Crippen LogP contribution in [-0.4, -0.2) is 24.8 Å². The smallest absolute Gasteiger partial charge is 0.208 e. The van der Waals surface area contributed by atoms with Crippen molar-refractivity contribution in [3.8, 4) is 0 Å². The third kappa shape index (κ3) is 2.43. The third-order valence-electron chi connectivity index (χ3n) is 1.60. The molecule has 0 unspecified atom stereocenters. The number of nitrogens with zero attached hydrogens (tertiary/aromatic N) is 4. The minimum absolute atomic E-state index is 0.646. The Morgan fingerprint density at radius 3 is 3.13 bits per heavy atom. The zero-order valence-electron chi connectivity index (χ0n) is 7.89. The lowest BCUT2D eigenvalue weighted by Gasteiger charge is -1.96. The second kappa shape index (κ2) is 4.55. The van der Waals surface area contributed by atoms with Gasteiger partial charge in [-0.1, -0.05) is 16.3 Å². The molecule has 7 nitrogen and oxygen atoms in total. The highest BCUT2D eigenvalue weighted by molar-refractivity contribution is 7.98. The van der Waals surface area contributed by atoms with E-state index in [0.29, 0.717) is 10.9 Å². The summed E-state index contributed by atoms with van der Waals surface area (Å²) in [7, 11) is 0. The topological polar surface area (TPSA) is 105 Å². The summed E-state index contributed by atoms with van der Waals surface area (Å²) in [6.07, 6.45) is 0. The van der Waals surface area contributed by atoms with Gasteiger partial charge < -0.3 is 5.43 Å². The number of nitrogen functional groups attached to an aromatic ring is 1. The molecular formula is C6H9N7S2. The molecule has 2 aromatic rings. The molecule has 0 aromatic carbocycles. The molecule has 4 N–H and O–H groups in total. The summed E-state index contributed by atoms with van der Waals surface area (Å²) in [6, 6.07) is 0. The molecule has 2 rings (SSSR count). The summed E-state index contributed by atoms with van der Waals surface area (Å²) in [6.45, 7) is 1.86. The van der Waals surface area contributed by atoms with Gasteiger partial charge in [-0.15, -0.1) is 10.2 Å². The number of nitrogens with two attached hydrogens (primary N) is 1. The molecule has 0 radical (unpaired) electrons. The van der Waals surface area contributed by atoms with Crippen LogP contribution in [0.3, 0.4) is 0 Å². The van der Waals surface area contributed by atoms with Gasteiger partial charge in [0, 0.05) is 17.3 Å². The molecule has 0 fully saturated rings. The average molecular weight is 243 g/mol. The second-order valence-corrected chi connectivity index (χ2v) is 4.38. The van der Waals surface area contributed by atoms with Crippen molar-refractivity contribution >= 4 is 28.3 Å². The van der Waals surface area contributed by atoms with E-state index in [0.717, 1.165) is 16.5 Å². The maximum atomic E-state index is 5.30. The highest BCUT2D eigenvalue weighted by Gasteiger charge is 2.08. The SMILES string of the molecule is Cc1nc(SCc2nnsc2NN)n[nH]1. The van der Waals surface area contributed by atoms with Crippen LogP contribution in [0.5, 0.6) is 0 Å². The van der Waals surface area contributed by atoms with Crippen LogP contribution in [0.1, 0.15) is 11.5 Å². The van der Waals surface area contributed by atoms with Crippen molar-refractivity contribution in [1.29, 1.82) is 0 Å². The Labute approximate surface area is 94.0 Å². The van der Waals surface area contributed by atoms with Crippen LogP contribution < -0.4 is 11.3 Å². The van der Waals surface area contributed by atoms with Crippen LogP contribution in [0.25, 0.3) is 0 Å². The van der Waals surface area contributed by atoms with E-state index in [1.165, 1.54) is 23.3 Å². The molecule has 15 heavy (non-hydrogen) atoms. The zero-order chi connectivity index (χ0) is 10.7. The van der Waals surface area contributed by atoms with Crippen molar-refractivity contribution < 1.29 is 0 Å². The highest BCUT2D eigenvalue weighted by Crippen LogP contribution is 2.24. The van der Waals surface area contributed by atoms with Crippen molar-refractivity contribution in [3.05, 3.63) is 11.5 Å². The number of aromatic nitrogens is 5. The number of hydrazine groups is 1. The van der Waals surface area contributed by atoms with Gasteiger partial charge in [0.05, 0.1) is 0 Å². The van der Waals surface area contributed by atoms with Crippen LogP contribution in [0.15, 0.2) is 5.16 Å². The standard InChI is InChI=1S/C6H9N7S2/c1-3-8-6(12-10-3)14-2-4-5(9-7)15-13-11-4/h9H,2,7H2,1H3,(H,8,10,12). The Morgan fingerprint density at radius 2 is 2.47 bits per heavy atom. The van der Waals surface area contributed by atoms with E-state index in [9.17, 15) is 0 Å². The van der Waals surface area contributed by atoms with Crippen molar-refractivity contribution in [2.24, 2.45) is 5.84 Å². The lowest BCUT2D eigenvalue weighted by atomic mass is 10.5. The number of nitrogens with one attached hydrogen (secondary N) is 2. The lowest BCUT2D eigenvalue weighted by molar-refractivity contribution is 0.966. The van der Waals surface area contributed by atoms with Gasteiger partial charge >= 0.3 is 0 Å². The minimum Gasteiger partial charge on any atom is -0.313 e. The van der Waals surface area contributed by atoms with Crippen molar-refractivity contribution in [1.82, 2.24) is 24.8 Å². The van der Waals surface area contributed by atoms with E-state index in [1.807, 2.05) is 6.92 Å². The fourth-order valence-electron chi connectivity index (χ4n) is 0.932. The molecule has 0 spiro atoms. The first-order valence-corrected chi connectivity index (χ1v) is 5.85. The van der Waals surface area contributed by atoms with Crippen LogP contribution in [-0.2, 0) is 5.75 Å². The third-order valence-corrected chi connectivity index (χ3v) is 3.16. The quantitative estimate of drug-likeness (QED) is 0.409. The molecule has 0 aliphatic carbocycles. The number of anilines is 1. The van der Waals surface area contributed by atoms with Crippen LogP contribution in [0.2, 0.25) is 0 Å². The maximum absolute atomic E-state index is 5.30. The van der Waals surface area contributed by atoms with E-state index < -0.39 is 0 Å². The van der Waals surface area contributed by atoms with Gasteiger partial charge in [-0.05, 0) is 6.92 Å². The fraction of sp³-hybridized carbons (Fsp3) is 0.333. The number of aryl methyl sites for hydroxylation is 1. The molecule has 0 aliphatic rings. The Bertz CT molecular complexity index is 436. The summed E-state index contributed by atoms with van der Waals surface area (Å²) < 4.78 is 3.80. The molecule has 0 saturated heterocycles. The Balaban J connectivity index is 1.98. The van der Waals surface area contributed by atoms with Gasteiger partial charge in [0.15, 0.2) is 0 Å². The molecule has 2 heterocycles. The van der Waals surface area contributed by atoms with Crippen molar-refractivity contribution in [3.63, 3.8) is 0 Å². The largest absolute Gasteiger partial charge is 0.313 e. The van der Waals surface area contributed by atoms with Crippen molar-refractivity contribution in [2.45, 2.75) is 17.8 Å². The number of H-pyrrole nitrogens is 1.